The molecule has 0 aromatic carbocycles. The van der Waals surface area contributed by atoms with Crippen molar-refractivity contribution in [3.05, 3.63) is 48.4 Å². The van der Waals surface area contributed by atoms with Crippen LogP contribution in [0.5, 0.6) is 0 Å². The number of anilines is 2. The maximum Gasteiger partial charge on any atom is 0.319 e. The molecule has 0 spiro atoms. The van der Waals surface area contributed by atoms with E-state index in [4.69, 9.17) is 0 Å². The van der Waals surface area contributed by atoms with Gasteiger partial charge in [0.15, 0.2) is 0 Å². The summed E-state index contributed by atoms with van der Waals surface area (Å²) < 4.78 is 0. The Balaban J connectivity index is 1.50. The molecule has 2 heterocycles. The Morgan fingerprint density at radius 3 is 2.70 bits per heavy atom. The highest BCUT2D eigenvalue weighted by molar-refractivity contribution is 5.89. The summed E-state index contributed by atoms with van der Waals surface area (Å²) in [4.78, 5) is 22.2. The summed E-state index contributed by atoms with van der Waals surface area (Å²) in [6.07, 6.45) is 8.39. The van der Waals surface area contributed by atoms with E-state index in [0.717, 1.165) is 31.6 Å². The molecule has 1 fully saturated rings. The van der Waals surface area contributed by atoms with Gasteiger partial charge >= 0.3 is 6.03 Å². The van der Waals surface area contributed by atoms with Gasteiger partial charge < -0.3 is 15.5 Å². The number of carbonyl (C=O) groups is 1. The van der Waals surface area contributed by atoms with Crippen LogP contribution in [0.2, 0.25) is 0 Å². The number of urea groups is 1. The zero-order valence-corrected chi connectivity index (χ0v) is 13.2. The van der Waals surface area contributed by atoms with Crippen LogP contribution in [0.4, 0.5) is 16.3 Å². The van der Waals surface area contributed by atoms with Crippen molar-refractivity contribution in [2.45, 2.75) is 25.3 Å². The van der Waals surface area contributed by atoms with Gasteiger partial charge in [0.25, 0.3) is 0 Å². The van der Waals surface area contributed by atoms with Crippen LogP contribution in [0.1, 0.15) is 18.4 Å². The molecule has 2 amide bonds. The lowest BCUT2D eigenvalue weighted by molar-refractivity contribution is 0.251. The molecule has 0 aliphatic heterocycles. The van der Waals surface area contributed by atoms with Gasteiger partial charge in [-0.3, -0.25) is 4.98 Å². The fourth-order valence-electron chi connectivity index (χ4n) is 2.23. The lowest BCUT2D eigenvalue weighted by atomic mass is 10.2. The Hall–Kier alpha value is -2.63. The zero-order valence-electron chi connectivity index (χ0n) is 13.2. The second-order valence-corrected chi connectivity index (χ2v) is 5.80. The first-order valence-corrected chi connectivity index (χ1v) is 7.84. The average Bonchev–Trinajstić information content (AvgIpc) is 3.38. The number of hydrogen-bond acceptors (Lipinski definition) is 4. The monoisotopic (exact) mass is 311 g/mol. The van der Waals surface area contributed by atoms with Crippen molar-refractivity contribution < 1.29 is 4.79 Å². The van der Waals surface area contributed by atoms with Crippen LogP contribution in [0.3, 0.4) is 0 Å². The van der Waals surface area contributed by atoms with Gasteiger partial charge in [-0.1, -0.05) is 0 Å². The molecular weight excluding hydrogens is 290 g/mol. The maximum atomic E-state index is 11.7. The Labute approximate surface area is 135 Å². The van der Waals surface area contributed by atoms with Crippen molar-refractivity contribution in [2.24, 2.45) is 0 Å². The number of aromatic nitrogens is 2. The number of amides is 2. The van der Waals surface area contributed by atoms with E-state index in [-0.39, 0.29) is 6.03 Å². The van der Waals surface area contributed by atoms with E-state index < -0.39 is 0 Å². The molecule has 1 saturated carbocycles. The van der Waals surface area contributed by atoms with Crippen LogP contribution >= 0.6 is 0 Å². The molecule has 0 bridgehead atoms. The third-order valence-electron chi connectivity index (χ3n) is 3.79. The molecule has 0 radical (unpaired) electrons. The van der Waals surface area contributed by atoms with Gasteiger partial charge in [-0.15, -0.1) is 0 Å². The number of likely N-dealkylation sites (N-methyl/N-ethyl adjacent to an activating group) is 1. The van der Waals surface area contributed by atoms with Crippen LogP contribution in [-0.2, 0) is 6.42 Å². The minimum Gasteiger partial charge on any atom is -0.359 e. The predicted octanol–water partition coefficient (Wildman–Crippen LogP) is 2.44. The molecule has 6 nitrogen and oxygen atoms in total. The number of pyridine rings is 2. The van der Waals surface area contributed by atoms with Crippen LogP contribution in [0.25, 0.3) is 0 Å². The third kappa shape index (κ3) is 4.67. The summed E-state index contributed by atoms with van der Waals surface area (Å²) in [5.74, 6) is 0.882. The van der Waals surface area contributed by atoms with E-state index >= 15 is 0 Å². The van der Waals surface area contributed by atoms with Gasteiger partial charge in [0, 0.05) is 32.0 Å². The summed E-state index contributed by atoms with van der Waals surface area (Å²) in [6.45, 7) is 0.867. The maximum absolute atomic E-state index is 11.7. The molecule has 6 heteroatoms. The topological polar surface area (TPSA) is 70.2 Å². The number of nitrogens with zero attached hydrogens (tertiary/aromatic N) is 3. The summed E-state index contributed by atoms with van der Waals surface area (Å²) in [5, 5.41) is 5.68. The minimum atomic E-state index is -0.159. The van der Waals surface area contributed by atoms with E-state index in [9.17, 15) is 4.79 Å². The zero-order chi connectivity index (χ0) is 16.1. The molecule has 2 N–H and O–H groups in total. The minimum absolute atomic E-state index is 0.159. The van der Waals surface area contributed by atoms with E-state index in [0.29, 0.717) is 11.7 Å². The molecule has 0 unspecified atom stereocenters. The largest absolute Gasteiger partial charge is 0.359 e. The quantitative estimate of drug-likeness (QED) is 0.859. The summed E-state index contributed by atoms with van der Waals surface area (Å²) in [6, 6.07) is 8.02. The summed E-state index contributed by atoms with van der Waals surface area (Å²) in [5.41, 5.74) is 1.95. The normalized spacial score (nSPS) is 13.4. The van der Waals surface area contributed by atoms with Gasteiger partial charge in [0.05, 0.1) is 11.9 Å². The standard InChI is InChI=1S/C17H21N5O/c1-22(11-8-13-6-9-18-10-7-13)16-5-4-15(12-19-16)21-17(23)20-14-2-3-14/h4-7,9-10,12,14H,2-3,8,11H2,1H3,(H2,20,21,23). The number of hydrogen-bond donors (Lipinski definition) is 2. The Morgan fingerprint density at radius 2 is 2.04 bits per heavy atom. The molecule has 0 atom stereocenters. The van der Waals surface area contributed by atoms with Crippen molar-refractivity contribution >= 4 is 17.5 Å². The van der Waals surface area contributed by atoms with Gasteiger partial charge in [-0.25, -0.2) is 9.78 Å². The fraction of sp³-hybridized carbons (Fsp3) is 0.353. The van der Waals surface area contributed by atoms with Crippen molar-refractivity contribution in [1.29, 1.82) is 0 Å². The van der Waals surface area contributed by atoms with Crippen LogP contribution in [0, 0.1) is 0 Å². The van der Waals surface area contributed by atoms with Gasteiger partial charge in [0.1, 0.15) is 5.82 Å². The molecule has 1 aliphatic rings. The fourth-order valence-corrected chi connectivity index (χ4v) is 2.23. The van der Waals surface area contributed by atoms with Crippen LogP contribution in [-0.4, -0.2) is 35.6 Å². The van der Waals surface area contributed by atoms with Crippen molar-refractivity contribution in [1.82, 2.24) is 15.3 Å². The highest BCUT2D eigenvalue weighted by atomic mass is 16.2. The molecule has 2 aromatic rings. The number of carbonyl (C=O) groups excluding carboxylic acids is 1. The summed E-state index contributed by atoms with van der Waals surface area (Å²) in [7, 11) is 2.01. The van der Waals surface area contributed by atoms with E-state index in [1.54, 1.807) is 18.6 Å². The first-order chi connectivity index (χ1) is 11.2. The SMILES string of the molecule is CN(CCc1ccncc1)c1ccc(NC(=O)NC2CC2)cn1. The molecule has 2 aromatic heterocycles. The molecular formula is C17H21N5O. The van der Waals surface area contributed by atoms with Gasteiger partial charge in [0.2, 0.25) is 0 Å². The van der Waals surface area contributed by atoms with E-state index in [2.05, 4.69) is 25.5 Å². The first kappa shape index (κ1) is 15.3. The molecule has 0 saturated heterocycles. The second-order valence-electron chi connectivity index (χ2n) is 5.80. The van der Waals surface area contributed by atoms with E-state index in [1.807, 2.05) is 31.3 Å². The number of rotatable bonds is 6. The van der Waals surface area contributed by atoms with Crippen molar-refractivity contribution in [3.63, 3.8) is 0 Å². The average molecular weight is 311 g/mol. The highest BCUT2D eigenvalue weighted by Crippen LogP contribution is 2.19. The van der Waals surface area contributed by atoms with Crippen molar-refractivity contribution in [3.8, 4) is 0 Å². The molecule has 1 aliphatic carbocycles. The van der Waals surface area contributed by atoms with Gasteiger partial charge in [-0.05, 0) is 49.1 Å². The molecule has 120 valence electrons. The lowest BCUT2D eigenvalue weighted by Crippen LogP contribution is -2.30. The number of nitrogens with one attached hydrogen (secondary N) is 2. The second kappa shape index (κ2) is 7.09. The van der Waals surface area contributed by atoms with Crippen LogP contribution < -0.4 is 15.5 Å². The Kier molecular flexibility index (Phi) is 4.71. The molecule has 3 rings (SSSR count). The highest BCUT2D eigenvalue weighted by Gasteiger charge is 2.23. The Morgan fingerprint density at radius 1 is 1.26 bits per heavy atom. The van der Waals surface area contributed by atoms with E-state index in [1.165, 1.54) is 5.56 Å². The Bertz CT molecular complexity index is 640. The van der Waals surface area contributed by atoms with Gasteiger partial charge in [-0.2, -0.15) is 0 Å². The third-order valence-corrected chi connectivity index (χ3v) is 3.79. The lowest BCUT2D eigenvalue weighted by Gasteiger charge is -2.18. The summed E-state index contributed by atoms with van der Waals surface area (Å²) >= 11 is 0. The van der Waals surface area contributed by atoms with Crippen molar-refractivity contribution in [2.75, 3.05) is 23.8 Å². The predicted molar refractivity (Wildman–Crippen MR) is 90.6 cm³/mol. The van der Waals surface area contributed by atoms with Crippen LogP contribution in [0.15, 0.2) is 42.9 Å². The smallest absolute Gasteiger partial charge is 0.319 e. The molecule has 23 heavy (non-hydrogen) atoms. The first-order valence-electron chi connectivity index (χ1n) is 7.84.